The second-order valence-corrected chi connectivity index (χ2v) is 15.4. The zero-order chi connectivity index (χ0) is 28.5. The molecule has 7 heteroatoms. The number of ether oxygens (including phenoxy) is 1. The number of thioether (sulfide) groups is 1. The molecule has 2 N–H and O–H groups in total. The largest absolute Gasteiger partial charge is 0.507 e. The summed E-state index contributed by atoms with van der Waals surface area (Å²) in [6.45, 7) is 15.7. The maximum absolute atomic E-state index is 12.4. The normalized spacial score (nSPS) is 17.1. The lowest BCUT2D eigenvalue weighted by molar-refractivity contribution is 0.284. The zero-order valence-electron chi connectivity index (χ0n) is 25.0. The average molecular weight is 571 g/mol. The number of fused-ring (bicyclic) bond motifs is 1. The van der Waals surface area contributed by atoms with Gasteiger partial charge in [-0.05, 0) is 67.9 Å². The molecule has 0 saturated carbocycles. The Morgan fingerprint density at radius 1 is 0.868 bits per heavy atom. The molecule has 1 heterocycles. The van der Waals surface area contributed by atoms with E-state index < -0.39 is 14.7 Å². The van der Waals surface area contributed by atoms with Gasteiger partial charge in [0.15, 0.2) is 0 Å². The monoisotopic (exact) mass is 570 g/mol. The first-order valence-electron chi connectivity index (χ1n) is 14.9. The second-order valence-electron chi connectivity index (χ2n) is 12.4. The molecule has 38 heavy (non-hydrogen) atoms. The predicted molar refractivity (Wildman–Crippen MR) is 162 cm³/mol. The van der Waals surface area contributed by atoms with Gasteiger partial charge in [0.2, 0.25) is 0 Å². The summed E-state index contributed by atoms with van der Waals surface area (Å²) in [5.74, 6) is 3.43. The highest BCUT2D eigenvalue weighted by Gasteiger charge is 2.31. The Morgan fingerprint density at radius 2 is 1.42 bits per heavy atom. The molecular formula is C31H54O5S2. The minimum atomic E-state index is -4.22. The fourth-order valence-corrected chi connectivity index (χ4v) is 8.45. The summed E-state index contributed by atoms with van der Waals surface area (Å²) >= 11 is 1.22. The first-order chi connectivity index (χ1) is 17.8. The molecule has 0 fully saturated rings. The molecule has 2 rings (SSSR count). The van der Waals surface area contributed by atoms with Crippen LogP contribution < -0.4 is 4.74 Å². The Labute approximate surface area is 237 Å². The Balaban J connectivity index is 1.86. The van der Waals surface area contributed by atoms with E-state index in [1.54, 1.807) is 0 Å². The van der Waals surface area contributed by atoms with Gasteiger partial charge in [-0.15, -0.1) is 11.8 Å². The van der Waals surface area contributed by atoms with Gasteiger partial charge < -0.3 is 9.84 Å². The lowest BCUT2D eigenvalue weighted by atomic mass is 9.91. The van der Waals surface area contributed by atoms with Gasteiger partial charge >= 0.3 is 0 Å². The van der Waals surface area contributed by atoms with Gasteiger partial charge in [-0.3, -0.25) is 4.55 Å². The average Bonchev–Trinajstić information content (AvgIpc) is 2.83. The van der Waals surface area contributed by atoms with Gasteiger partial charge in [-0.25, -0.2) is 0 Å². The molecule has 5 nitrogen and oxygen atoms in total. The zero-order valence-corrected chi connectivity index (χ0v) is 26.6. The fraction of sp³-hybridized carbons (Fsp3) is 0.806. The Morgan fingerprint density at radius 3 is 1.97 bits per heavy atom. The summed E-state index contributed by atoms with van der Waals surface area (Å²) in [7, 11) is -4.22. The number of benzene rings is 1. The molecule has 0 aliphatic carbocycles. The van der Waals surface area contributed by atoms with Crippen molar-refractivity contribution in [1.29, 1.82) is 0 Å². The summed E-state index contributed by atoms with van der Waals surface area (Å²) in [4.78, 5) is 0. The third-order valence-corrected chi connectivity index (χ3v) is 11.8. The van der Waals surface area contributed by atoms with Gasteiger partial charge in [-0.1, -0.05) is 86.0 Å². The van der Waals surface area contributed by atoms with E-state index in [2.05, 4.69) is 27.7 Å². The van der Waals surface area contributed by atoms with Crippen LogP contribution in [-0.4, -0.2) is 29.3 Å². The van der Waals surface area contributed by atoms with Crippen molar-refractivity contribution < 1.29 is 22.8 Å². The van der Waals surface area contributed by atoms with E-state index >= 15 is 0 Å². The van der Waals surface area contributed by atoms with Crippen molar-refractivity contribution in [2.45, 2.75) is 129 Å². The molecule has 1 aromatic rings. The third kappa shape index (κ3) is 10.2. The minimum absolute atomic E-state index is 0.177. The van der Waals surface area contributed by atoms with E-state index in [1.165, 1.54) is 50.3 Å². The SMILES string of the molecule is Cc1c(C)c2c(c(CSC(C(C)CCCC(C)CCCC(C)CCCC(C)C)S(=O)(=O)O)c1O)CCCO2. The second kappa shape index (κ2) is 15.8. The standard InChI is InChI=1S/C31H54O5S2/c1-21(2)12-8-13-22(3)14-9-15-23(4)16-10-17-24(5)31(38(33,34)35)37-20-28-27-18-11-19-36-30(27)26(7)25(6)29(28)32/h21-24,31-32H,8-20H2,1-7H3,(H,33,34,35). The minimum Gasteiger partial charge on any atom is -0.507 e. The highest BCUT2D eigenvalue weighted by molar-refractivity contribution is 8.11. The van der Waals surface area contributed by atoms with Crippen LogP contribution in [0.15, 0.2) is 0 Å². The van der Waals surface area contributed by atoms with Crippen LogP contribution in [-0.2, 0) is 22.3 Å². The maximum Gasteiger partial charge on any atom is 0.277 e. The number of hydrogen-bond acceptors (Lipinski definition) is 5. The molecule has 0 radical (unpaired) electrons. The Hall–Kier alpha value is -0.920. The van der Waals surface area contributed by atoms with Crippen molar-refractivity contribution in [3.8, 4) is 11.5 Å². The van der Waals surface area contributed by atoms with Crippen molar-refractivity contribution in [3.63, 3.8) is 0 Å². The highest BCUT2D eigenvalue weighted by atomic mass is 32.3. The quantitative estimate of drug-likeness (QED) is 0.182. The summed E-state index contributed by atoms with van der Waals surface area (Å²) in [5, 5.41) is 10.9. The summed E-state index contributed by atoms with van der Waals surface area (Å²) in [5.41, 5.74) is 3.45. The van der Waals surface area contributed by atoms with Crippen molar-refractivity contribution in [3.05, 3.63) is 22.3 Å². The highest BCUT2D eigenvalue weighted by Crippen LogP contribution is 2.43. The third-order valence-electron chi connectivity index (χ3n) is 8.38. The van der Waals surface area contributed by atoms with Crippen LogP contribution in [0.2, 0.25) is 0 Å². The van der Waals surface area contributed by atoms with Crippen LogP contribution in [0.4, 0.5) is 0 Å². The van der Waals surface area contributed by atoms with Gasteiger partial charge in [-0.2, -0.15) is 8.42 Å². The maximum atomic E-state index is 12.4. The Bertz CT molecular complexity index is 973. The first-order valence-corrected chi connectivity index (χ1v) is 17.4. The van der Waals surface area contributed by atoms with Crippen molar-refractivity contribution >= 4 is 21.9 Å². The van der Waals surface area contributed by atoms with E-state index in [4.69, 9.17) is 4.74 Å². The van der Waals surface area contributed by atoms with Crippen molar-refractivity contribution in [2.24, 2.45) is 23.7 Å². The van der Waals surface area contributed by atoms with Gasteiger partial charge in [0, 0.05) is 16.9 Å². The van der Waals surface area contributed by atoms with E-state index in [9.17, 15) is 18.1 Å². The molecule has 0 bridgehead atoms. The smallest absolute Gasteiger partial charge is 0.277 e. The predicted octanol–water partition coefficient (Wildman–Crippen LogP) is 8.86. The fourth-order valence-electron chi connectivity index (χ4n) is 5.73. The van der Waals surface area contributed by atoms with Crippen LogP contribution in [0, 0.1) is 37.5 Å². The lowest BCUT2D eigenvalue weighted by Crippen LogP contribution is -2.25. The molecule has 0 aromatic heterocycles. The van der Waals surface area contributed by atoms with E-state index in [-0.39, 0.29) is 11.7 Å². The van der Waals surface area contributed by atoms with E-state index in [0.29, 0.717) is 18.3 Å². The molecular weight excluding hydrogens is 516 g/mol. The van der Waals surface area contributed by atoms with Gasteiger partial charge in [0.1, 0.15) is 16.1 Å². The molecule has 0 spiro atoms. The topological polar surface area (TPSA) is 83.8 Å². The van der Waals surface area contributed by atoms with Crippen LogP contribution in [0.1, 0.15) is 121 Å². The van der Waals surface area contributed by atoms with Crippen LogP contribution in [0.3, 0.4) is 0 Å². The number of hydrogen-bond donors (Lipinski definition) is 2. The van der Waals surface area contributed by atoms with E-state index in [0.717, 1.165) is 71.9 Å². The van der Waals surface area contributed by atoms with Crippen molar-refractivity contribution in [2.75, 3.05) is 6.61 Å². The van der Waals surface area contributed by atoms with Crippen LogP contribution in [0.5, 0.6) is 11.5 Å². The van der Waals surface area contributed by atoms with Gasteiger partial charge in [0.05, 0.1) is 6.61 Å². The van der Waals surface area contributed by atoms with Crippen LogP contribution >= 0.6 is 11.8 Å². The number of phenols is 1. The number of aromatic hydroxyl groups is 1. The molecule has 1 aliphatic heterocycles. The van der Waals surface area contributed by atoms with E-state index in [1.807, 2.05) is 20.8 Å². The first kappa shape index (κ1) is 33.3. The summed E-state index contributed by atoms with van der Waals surface area (Å²) < 4.78 is 39.8. The van der Waals surface area contributed by atoms with Gasteiger partial charge in [0.25, 0.3) is 10.1 Å². The molecule has 220 valence electrons. The number of phenolic OH excluding ortho intramolecular Hbond substituents is 1. The summed E-state index contributed by atoms with van der Waals surface area (Å²) in [6, 6.07) is 0. The van der Waals surface area contributed by atoms with Crippen molar-refractivity contribution in [1.82, 2.24) is 0 Å². The molecule has 4 unspecified atom stereocenters. The molecule has 0 amide bonds. The number of rotatable bonds is 17. The Kier molecular flexibility index (Phi) is 13.8. The molecule has 0 saturated heterocycles. The molecule has 4 atom stereocenters. The molecule has 1 aliphatic rings. The van der Waals surface area contributed by atoms with Crippen LogP contribution in [0.25, 0.3) is 0 Å². The molecule has 1 aromatic carbocycles. The summed E-state index contributed by atoms with van der Waals surface area (Å²) in [6.07, 6.45) is 12.2. The lowest BCUT2D eigenvalue weighted by Gasteiger charge is -2.26.